The highest BCUT2D eigenvalue weighted by atomic mass is 16.1. The molecule has 0 atom stereocenters. The number of primary amides is 1. The molecule has 0 unspecified atom stereocenters. The average molecular weight is 274 g/mol. The van der Waals surface area contributed by atoms with Crippen molar-refractivity contribution in [3.05, 3.63) is 29.3 Å². The predicted octanol–water partition coefficient (Wildman–Crippen LogP) is 0.648. The molecule has 0 radical (unpaired) electrons. The zero-order valence-electron chi connectivity index (χ0n) is 11.7. The maximum Gasteiger partial charge on any atom is 0.248 e. The number of hydrogen-bond acceptors (Lipinski definition) is 4. The second-order valence-corrected chi connectivity index (χ2v) is 5.82. The summed E-state index contributed by atoms with van der Waals surface area (Å²) in [5.41, 5.74) is 13.5. The van der Waals surface area contributed by atoms with Gasteiger partial charge in [0.05, 0.1) is 0 Å². The van der Waals surface area contributed by atoms with Gasteiger partial charge in [-0.05, 0) is 30.5 Å². The van der Waals surface area contributed by atoms with Crippen LogP contribution in [0.25, 0.3) is 0 Å². The zero-order chi connectivity index (χ0) is 14.1. The van der Waals surface area contributed by atoms with Gasteiger partial charge in [-0.15, -0.1) is 0 Å². The summed E-state index contributed by atoms with van der Waals surface area (Å²) in [6.07, 6.45) is 2.75. The number of carbonyl (C=O) groups is 1. The van der Waals surface area contributed by atoms with E-state index in [4.69, 9.17) is 11.5 Å². The molecule has 1 heterocycles. The summed E-state index contributed by atoms with van der Waals surface area (Å²) in [4.78, 5) is 16.1. The van der Waals surface area contributed by atoms with Gasteiger partial charge in [-0.2, -0.15) is 0 Å². The predicted molar refractivity (Wildman–Crippen MR) is 79.2 cm³/mol. The van der Waals surface area contributed by atoms with Gasteiger partial charge < -0.3 is 11.5 Å². The van der Waals surface area contributed by atoms with Crippen LogP contribution in [0.1, 0.15) is 28.8 Å². The van der Waals surface area contributed by atoms with Crippen molar-refractivity contribution in [2.75, 3.05) is 31.9 Å². The maximum absolute atomic E-state index is 11.1. The first kappa shape index (κ1) is 13.4. The molecule has 1 saturated heterocycles. The summed E-state index contributed by atoms with van der Waals surface area (Å²) in [6.45, 7) is 5.35. The second-order valence-electron chi connectivity index (χ2n) is 5.82. The van der Waals surface area contributed by atoms with Gasteiger partial charge in [0.25, 0.3) is 0 Å². The van der Waals surface area contributed by atoms with Crippen molar-refractivity contribution in [2.45, 2.75) is 25.4 Å². The van der Waals surface area contributed by atoms with Gasteiger partial charge in [-0.25, -0.2) is 0 Å². The number of carbonyl (C=O) groups excluding carboxylic acids is 1. The maximum atomic E-state index is 11.1. The monoisotopic (exact) mass is 274 g/mol. The highest BCUT2D eigenvalue weighted by Crippen LogP contribution is 2.27. The lowest BCUT2D eigenvalue weighted by molar-refractivity contribution is 0.100. The fourth-order valence-electron chi connectivity index (χ4n) is 2.86. The molecule has 2 fully saturated rings. The van der Waals surface area contributed by atoms with Crippen LogP contribution >= 0.6 is 0 Å². The number of rotatable bonds is 4. The van der Waals surface area contributed by atoms with Gasteiger partial charge in [0, 0.05) is 50.0 Å². The van der Waals surface area contributed by atoms with E-state index < -0.39 is 5.91 Å². The zero-order valence-corrected chi connectivity index (χ0v) is 11.7. The van der Waals surface area contributed by atoms with E-state index >= 15 is 0 Å². The van der Waals surface area contributed by atoms with Crippen LogP contribution in [0.4, 0.5) is 5.69 Å². The van der Waals surface area contributed by atoms with Crippen molar-refractivity contribution in [3.8, 4) is 0 Å². The number of amides is 1. The van der Waals surface area contributed by atoms with Crippen LogP contribution in [0.15, 0.2) is 18.2 Å². The van der Waals surface area contributed by atoms with Gasteiger partial charge in [0.1, 0.15) is 0 Å². The Morgan fingerprint density at radius 3 is 2.45 bits per heavy atom. The van der Waals surface area contributed by atoms with Gasteiger partial charge >= 0.3 is 0 Å². The third kappa shape index (κ3) is 2.94. The minimum absolute atomic E-state index is 0.429. The summed E-state index contributed by atoms with van der Waals surface area (Å²) < 4.78 is 0. The van der Waals surface area contributed by atoms with E-state index in [-0.39, 0.29) is 0 Å². The highest BCUT2D eigenvalue weighted by Gasteiger charge is 2.31. The molecule has 1 aromatic rings. The molecule has 1 saturated carbocycles. The molecular weight excluding hydrogens is 252 g/mol. The first-order chi connectivity index (χ1) is 9.63. The Balaban J connectivity index is 1.59. The van der Waals surface area contributed by atoms with E-state index in [1.54, 1.807) is 12.1 Å². The first-order valence-electron chi connectivity index (χ1n) is 7.28. The smallest absolute Gasteiger partial charge is 0.248 e. The number of nitrogen functional groups attached to an aromatic ring is 1. The molecular formula is C15H22N4O. The fraction of sp³-hybridized carbons (Fsp3) is 0.533. The number of benzene rings is 1. The molecule has 0 bridgehead atoms. The van der Waals surface area contributed by atoms with E-state index in [9.17, 15) is 4.79 Å². The number of hydrogen-bond donors (Lipinski definition) is 2. The Hall–Kier alpha value is -1.59. The van der Waals surface area contributed by atoms with E-state index in [1.165, 1.54) is 12.8 Å². The minimum atomic E-state index is -0.429. The SMILES string of the molecule is NC(=O)c1ccc(CN2CCN(C3CC3)CC2)c(N)c1. The molecule has 5 nitrogen and oxygen atoms in total. The molecule has 0 spiro atoms. The van der Waals surface area contributed by atoms with Gasteiger partial charge in [-0.1, -0.05) is 6.07 Å². The van der Waals surface area contributed by atoms with Gasteiger partial charge in [-0.3, -0.25) is 14.6 Å². The highest BCUT2D eigenvalue weighted by molar-refractivity contribution is 5.93. The minimum Gasteiger partial charge on any atom is -0.398 e. The molecule has 3 rings (SSSR count). The van der Waals surface area contributed by atoms with Crippen LogP contribution in [0.3, 0.4) is 0 Å². The third-order valence-corrected chi connectivity index (χ3v) is 4.29. The Morgan fingerprint density at radius 1 is 1.20 bits per heavy atom. The molecule has 20 heavy (non-hydrogen) atoms. The van der Waals surface area contributed by atoms with Gasteiger partial charge in [0.2, 0.25) is 5.91 Å². The standard InChI is InChI=1S/C15H22N4O/c16-14-9-11(15(17)20)1-2-12(14)10-18-5-7-19(8-6-18)13-3-4-13/h1-2,9,13H,3-8,10,16H2,(H2,17,20). The number of nitrogens with two attached hydrogens (primary N) is 2. The summed E-state index contributed by atoms with van der Waals surface area (Å²) in [6, 6.07) is 6.21. The fourth-order valence-corrected chi connectivity index (χ4v) is 2.86. The van der Waals surface area contributed by atoms with Crippen LogP contribution in [0.5, 0.6) is 0 Å². The van der Waals surface area contributed by atoms with E-state index in [0.717, 1.165) is 44.3 Å². The Morgan fingerprint density at radius 2 is 1.90 bits per heavy atom. The molecule has 1 amide bonds. The lowest BCUT2D eigenvalue weighted by atomic mass is 10.1. The van der Waals surface area contributed by atoms with Crippen LogP contribution < -0.4 is 11.5 Å². The third-order valence-electron chi connectivity index (χ3n) is 4.29. The summed E-state index contributed by atoms with van der Waals surface area (Å²) in [5, 5.41) is 0. The molecule has 1 aromatic carbocycles. The largest absolute Gasteiger partial charge is 0.398 e. The van der Waals surface area contributed by atoms with Crippen molar-refractivity contribution in [2.24, 2.45) is 5.73 Å². The van der Waals surface area contributed by atoms with E-state index in [0.29, 0.717) is 11.3 Å². The van der Waals surface area contributed by atoms with Crippen LogP contribution in [-0.2, 0) is 6.54 Å². The molecule has 0 aromatic heterocycles. The lowest BCUT2D eigenvalue weighted by Gasteiger charge is -2.35. The summed E-state index contributed by atoms with van der Waals surface area (Å²) >= 11 is 0. The molecule has 1 aliphatic carbocycles. The Kier molecular flexibility index (Phi) is 3.63. The summed E-state index contributed by atoms with van der Waals surface area (Å²) in [5.74, 6) is -0.429. The molecule has 108 valence electrons. The number of piperazine rings is 1. The second kappa shape index (κ2) is 5.42. The molecule has 4 N–H and O–H groups in total. The van der Waals surface area contributed by atoms with Crippen molar-refractivity contribution in [3.63, 3.8) is 0 Å². The van der Waals surface area contributed by atoms with Crippen molar-refractivity contribution < 1.29 is 4.79 Å². The first-order valence-corrected chi connectivity index (χ1v) is 7.28. The normalized spacial score (nSPS) is 21.0. The average Bonchev–Trinajstić information content (AvgIpc) is 3.26. The topological polar surface area (TPSA) is 75.6 Å². The number of anilines is 1. The molecule has 2 aliphatic rings. The Labute approximate surface area is 119 Å². The molecule has 5 heteroatoms. The van der Waals surface area contributed by atoms with Crippen molar-refractivity contribution in [1.82, 2.24) is 9.80 Å². The van der Waals surface area contributed by atoms with Crippen molar-refractivity contribution in [1.29, 1.82) is 0 Å². The molecule has 1 aliphatic heterocycles. The van der Waals surface area contributed by atoms with Crippen LogP contribution in [0, 0.1) is 0 Å². The van der Waals surface area contributed by atoms with E-state index in [2.05, 4.69) is 9.80 Å². The Bertz CT molecular complexity index is 505. The lowest BCUT2D eigenvalue weighted by Crippen LogP contribution is -2.46. The van der Waals surface area contributed by atoms with Crippen molar-refractivity contribution >= 4 is 11.6 Å². The number of nitrogens with zero attached hydrogens (tertiary/aromatic N) is 2. The van der Waals surface area contributed by atoms with Crippen LogP contribution in [-0.4, -0.2) is 47.9 Å². The summed E-state index contributed by atoms with van der Waals surface area (Å²) in [7, 11) is 0. The quantitative estimate of drug-likeness (QED) is 0.790. The van der Waals surface area contributed by atoms with Crippen LogP contribution in [0.2, 0.25) is 0 Å². The van der Waals surface area contributed by atoms with E-state index in [1.807, 2.05) is 6.07 Å². The van der Waals surface area contributed by atoms with Gasteiger partial charge in [0.15, 0.2) is 0 Å².